The molecule has 6 nitrogen and oxygen atoms in total. The number of methoxy groups -OCH3 is 1. The van der Waals surface area contributed by atoms with Crippen LogP contribution in [0, 0.1) is 17.7 Å². The van der Waals surface area contributed by atoms with Crippen LogP contribution < -0.4 is 5.56 Å². The summed E-state index contributed by atoms with van der Waals surface area (Å²) in [6.45, 7) is 0.274. The Morgan fingerprint density at radius 1 is 1.26 bits per heavy atom. The van der Waals surface area contributed by atoms with Gasteiger partial charge < -0.3 is 14.4 Å². The number of aliphatic hydroxyl groups excluding tert-OH is 1. The van der Waals surface area contributed by atoms with Gasteiger partial charge in [-0.25, -0.2) is 4.39 Å². The van der Waals surface area contributed by atoms with Gasteiger partial charge in [-0.15, -0.1) is 0 Å². The molecule has 7 heteroatoms. The predicted molar refractivity (Wildman–Crippen MR) is 96.5 cm³/mol. The molecule has 1 aromatic heterocycles. The summed E-state index contributed by atoms with van der Waals surface area (Å²) < 4.78 is 19.8. The molecule has 0 aliphatic carbocycles. The zero-order chi connectivity index (χ0) is 19.3. The summed E-state index contributed by atoms with van der Waals surface area (Å²) in [5, 5.41) is 9.90. The van der Waals surface area contributed by atoms with Gasteiger partial charge in [0.25, 0.3) is 5.56 Å². The van der Waals surface area contributed by atoms with Crippen LogP contribution in [0.25, 0.3) is 11.1 Å². The Kier molecular flexibility index (Phi) is 4.36. The average molecular weight is 372 g/mol. The number of nitrogens with zero attached hydrogens (tertiary/aromatic N) is 2. The Morgan fingerprint density at radius 3 is 2.59 bits per heavy atom. The maximum atomic E-state index is 13.2. The molecule has 0 saturated carbocycles. The number of esters is 1. The highest BCUT2D eigenvalue weighted by Crippen LogP contribution is 2.48. The van der Waals surface area contributed by atoms with Crippen molar-refractivity contribution in [3.63, 3.8) is 0 Å². The Hall–Kier alpha value is -2.51. The maximum Gasteiger partial charge on any atom is 0.323 e. The number of carbonyl (C=O) groups is 1. The van der Waals surface area contributed by atoms with Gasteiger partial charge in [0, 0.05) is 36.2 Å². The number of carbonyl (C=O) groups excluding carboxylic acids is 1. The normalized spacial score (nSPS) is 26.7. The van der Waals surface area contributed by atoms with Crippen molar-refractivity contribution in [2.45, 2.75) is 18.6 Å². The van der Waals surface area contributed by atoms with Gasteiger partial charge >= 0.3 is 5.97 Å². The van der Waals surface area contributed by atoms with E-state index >= 15 is 0 Å². The van der Waals surface area contributed by atoms with Gasteiger partial charge in [0.15, 0.2) is 0 Å². The van der Waals surface area contributed by atoms with Gasteiger partial charge in [0.2, 0.25) is 0 Å². The molecule has 0 bridgehead atoms. The zero-order valence-corrected chi connectivity index (χ0v) is 15.1. The molecule has 0 spiro atoms. The second-order valence-electron chi connectivity index (χ2n) is 7.18. The van der Waals surface area contributed by atoms with Gasteiger partial charge in [-0.3, -0.25) is 14.5 Å². The van der Waals surface area contributed by atoms with Crippen molar-refractivity contribution >= 4 is 5.97 Å². The number of ether oxygens (including phenoxy) is 1. The summed E-state index contributed by atoms with van der Waals surface area (Å²) in [6.07, 6.45) is 0. The molecule has 2 aromatic rings. The Bertz CT molecular complexity index is 940. The van der Waals surface area contributed by atoms with Crippen LogP contribution in [0.5, 0.6) is 0 Å². The summed E-state index contributed by atoms with van der Waals surface area (Å²) in [5.41, 5.74) is 1.84. The van der Waals surface area contributed by atoms with E-state index in [2.05, 4.69) is 0 Å². The third-order valence-corrected chi connectivity index (χ3v) is 5.95. The Morgan fingerprint density at radius 2 is 1.96 bits per heavy atom. The van der Waals surface area contributed by atoms with Gasteiger partial charge in [0.1, 0.15) is 11.9 Å². The molecular weight excluding hydrogens is 351 g/mol. The van der Waals surface area contributed by atoms with Crippen LogP contribution in [-0.2, 0) is 16.1 Å². The molecule has 27 heavy (non-hydrogen) atoms. The Balaban J connectivity index is 1.76. The van der Waals surface area contributed by atoms with Crippen LogP contribution >= 0.6 is 0 Å². The standard InChI is InChI=1S/C20H21FN2O4/c1-22-17-14(15(10-24)18(22)20(26)27-2)9-23-16(17)8-7-13(19(23)25)11-3-5-12(21)6-4-11/h3-8,14-15,17-18,24H,9-10H2,1-2H3/t14-,15-,17+,18-/m1/s1. The number of likely N-dealkylation sites (N-methyl/N-ethyl adjacent to an activating group) is 1. The summed E-state index contributed by atoms with van der Waals surface area (Å²) in [4.78, 5) is 27.1. The lowest BCUT2D eigenvalue weighted by Gasteiger charge is -2.25. The lowest BCUT2D eigenvalue weighted by molar-refractivity contribution is -0.147. The lowest BCUT2D eigenvalue weighted by atomic mass is 9.88. The number of fused-ring (bicyclic) bond motifs is 3. The highest BCUT2D eigenvalue weighted by atomic mass is 19.1. The zero-order valence-electron chi connectivity index (χ0n) is 15.1. The van der Waals surface area contributed by atoms with Crippen LogP contribution in [-0.4, -0.2) is 47.3 Å². The molecule has 0 unspecified atom stereocenters. The first-order valence-corrected chi connectivity index (χ1v) is 8.88. The minimum Gasteiger partial charge on any atom is -0.468 e. The number of pyridine rings is 1. The van der Waals surface area contributed by atoms with Crippen LogP contribution in [0.2, 0.25) is 0 Å². The maximum absolute atomic E-state index is 13.2. The molecule has 2 aliphatic heterocycles. The summed E-state index contributed by atoms with van der Waals surface area (Å²) in [7, 11) is 3.16. The largest absolute Gasteiger partial charge is 0.468 e. The van der Waals surface area contributed by atoms with Gasteiger partial charge in [0.05, 0.1) is 13.2 Å². The van der Waals surface area contributed by atoms with Crippen molar-refractivity contribution < 1.29 is 19.0 Å². The first-order chi connectivity index (χ1) is 13.0. The Labute approximate surface area is 155 Å². The lowest BCUT2D eigenvalue weighted by Crippen LogP contribution is -2.41. The van der Waals surface area contributed by atoms with Crippen molar-refractivity contribution in [1.29, 1.82) is 0 Å². The first-order valence-electron chi connectivity index (χ1n) is 8.88. The number of aliphatic hydroxyl groups is 1. The number of benzene rings is 1. The molecule has 1 fully saturated rings. The van der Waals surface area contributed by atoms with E-state index in [1.165, 1.54) is 19.2 Å². The second-order valence-corrected chi connectivity index (χ2v) is 7.18. The highest BCUT2D eigenvalue weighted by molar-refractivity contribution is 5.77. The van der Waals surface area contributed by atoms with E-state index in [1.54, 1.807) is 22.8 Å². The van der Waals surface area contributed by atoms with E-state index in [9.17, 15) is 19.1 Å². The van der Waals surface area contributed by atoms with Crippen molar-refractivity contribution in [3.8, 4) is 11.1 Å². The van der Waals surface area contributed by atoms with Crippen molar-refractivity contribution in [1.82, 2.24) is 9.47 Å². The number of likely N-dealkylation sites (tertiary alicyclic amines) is 1. The highest BCUT2D eigenvalue weighted by Gasteiger charge is 2.54. The first kappa shape index (κ1) is 17.9. The molecule has 3 heterocycles. The molecule has 142 valence electrons. The van der Waals surface area contributed by atoms with E-state index in [-0.39, 0.29) is 41.8 Å². The predicted octanol–water partition coefficient (Wildman–Crippen LogP) is 1.42. The van der Waals surface area contributed by atoms with Crippen molar-refractivity contribution in [2.24, 2.45) is 11.8 Å². The number of rotatable bonds is 3. The van der Waals surface area contributed by atoms with E-state index in [0.717, 1.165) is 5.69 Å². The fourth-order valence-electron chi connectivity index (χ4n) is 4.70. The van der Waals surface area contributed by atoms with E-state index in [1.807, 2.05) is 18.0 Å². The number of hydrogen-bond donors (Lipinski definition) is 1. The smallest absolute Gasteiger partial charge is 0.323 e. The van der Waals surface area contributed by atoms with Gasteiger partial charge in [-0.1, -0.05) is 12.1 Å². The van der Waals surface area contributed by atoms with E-state index < -0.39 is 6.04 Å². The number of aromatic nitrogens is 1. The molecular formula is C20H21FN2O4. The monoisotopic (exact) mass is 372 g/mol. The van der Waals surface area contributed by atoms with Crippen LogP contribution in [0.15, 0.2) is 41.2 Å². The molecule has 2 aliphatic rings. The fourth-order valence-corrected chi connectivity index (χ4v) is 4.70. The molecule has 0 amide bonds. The molecule has 4 atom stereocenters. The van der Waals surface area contributed by atoms with Gasteiger partial charge in [-0.2, -0.15) is 0 Å². The molecule has 1 aromatic carbocycles. The number of hydrogen-bond acceptors (Lipinski definition) is 5. The minimum absolute atomic E-state index is 0.0553. The SMILES string of the molecule is COC(=O)[C@H]1[C@H](CO)[C@H]2Cn3c(ccc(-c4ccc(F)cc4)c3=O)[C@H]2N1C. The van der Waals surface area contributed by atoms with Crippen LogP contribution in [0.4, 0.5) is 4.39 Å². The molecule has 1 saturated heterocycles. The molecule has 1 N–H and O–H groups in total. The summed E-state index contributed by atoms with van der Waals surface area (Å²) in [6, 6.07) is 8.80. The second kappa shape index (κ2) is 6.58. The summed E-state index contributed by atoms with van der Waals surface area (Å²) >= 11 is 0. The van der Waals surface area contributed by atoms with Crippen molar-refractivity contribution in [3.05, 3.63) is 58.3 Å². The summed E-state index contributed by atoms with van der Waals surface area (Å²) in [5.74, 6) is -1.08. The van der Waals surface area contributed by atoms with E-state index in [4.69, 9.17) is 4.74 Å². The molecule has 0 radical (unpaired) electrons. The third kappa shape index (κ3) is 2.61. The minimum atomic E-state index is -0.532. The van der Waals surface area contributed by atoms with Crippen molar-refractivity contribution in [2.75, 3.05) is 20.8 Å². The average Bonchev–Trinajstić information content (AvgIpc) is 3.18. The van der Waals surface area contributed by atoms with Gasteiger partial charge in [-0.05, 0) is 36.9 Å². The number of halogens is 1. The van der Waals surface area contributed by atoms with Crippen LogP contribution in [0.3, 0.4) is 0 Å². The quantitative estimate of drug-likeness (QED) is 0.825. The third-order valence-electron chi connectivity index (χ3n) is 5.95. The van der Waals surface area contributed by atoms with Crippen LogP contribution in [0.1, 0.15) is 11.7 Å². The molecule has 4 rings (SSSR count). The van der Waals surface area contributed by atoms with E-state index in [0.29, 0.717) is 17.7 Å². The fraction of sp³-hybridized carbons (Fsp3) is 0.400. The topological polar surface area (TPSA) is 71.8 Å².